The average Bonchev–Trinajstić information content (AvgIpc) is 3.18. The van der Waals surface area contributed by atoms with Crippen LogP contribution in [-0.2, 0) is 6.54 Å². The van der Waals surface area contributed by atoms with E-state index >= 15 is 0 Å². The first kappa shape index (κ1) is 14.8. The Bertz CT molecular complexity index is 524. The number of aromatic amines is 1. The first-order valence-electron chi connectivity index (χ1n) is 8.13. The van der Waals surface area contributed by atoms with Crippen molar-refractivity contribution in [1.29, 1.82) is 0 Å². The number of nitrogens with zero attached hydrogens (tertiary/aromatic N) is 1. The van der Waals surface area contributed by atoms with Gasteiger partial charge in [-0.15, -0.1) is 11.3 Å². The van der Waals surface area contributed by atoms with Gasteiger partial charge in [0, 0.05) is 12.1 Å². The molecule has 0 aliphatic heterocycles. The maximum atomic E-state index is 4.21. The Morgan fingerprint density at radius 1 is 1.29 bits per heavy atom. The summed E-state index contributed by atoms with van der Waals surface area (Å²) in [7, 11) is 0. The van der Waals surface area contributed by atoms with Crippen LogP contribution in [0.4, 0.5) is 0 Å². The molecular formula is C17H25N3S. The first-order valence-corrected chi connectivity index (χ1v) is 9.01. The Kier molecular flexibility index (Phi) is 5.09. The van der Waals surface area contributed by atoms with E-state index in [9.17, 15) is 0 Å². The highest BCUT2D eigenvalue weighted by Gasteiger charge is 2.19. The van der Waals surface area contributed by atoms with Crippen molar-refractivity contribution in [3.63, 3.8) is 0 Å². The molecule has 2 heterocycles. The van der Waals surface area contributed by atoms with Gasteiger partial charge in [0.2, 0.25) is 0 Å². The summed E-state index contributed by atoms with van der Waals surface area (Å²) < 4.78 is 0. The molecule has 1 fully saturated rings. The molecule has 0 saturated heterocycles. The van der Waals surface area contributed by atoms with Gasteiger partial charge in [0.25, 0.3) is 0 Å². The predicted molar refractivity (Wildman–Crippen MR) is 89.3 cm³/mol. The van der Waals surface area contributed by atoms with Gasteiger partial charge in [-0.3, -0.25) is 5.10 Å². The van der Waals surface area contributed by atoms with Crippen molar-refractivity contribution in [2.24, 2.45) is 11.8 Å². The summed E-state index contributed by atoms with van der Waals surface area (Å²) in [4.78, 5) is 1.27. The Hall–Kier alpha value is -1.13. The monoisotopic (exact) mass is 303 g/mol. The smallest absolute Gasteiger partial charge is 0.0794 e. The molecule has 114 valence electrons. The molecule has 1 aliphatic rings. The van der Waals surface area contributed by atoms with Crippen molar-refractivity contribution in [1.82, 2.24) is 15.5 Å². The minimum atomic E-state index is 0.866. The minimum absolute atomic E-state index is 0.866. The van der Waals surface area contributed by atoms with Crippen LogP contribution in [0.5, 0.6) is 0 Å². The maximum Gasteiger partial charge on any atom is 0.0794 e. The lowest BCUT2D eigenvalue weighted by atomic mass is 9.81. The quantitative estimate of drug-likeness (QED) is 0.828. The fraction of sp³-hybridized carbons (Fsp3) is 0.588. The zero-order valence-electron chi connectivity index (χ0n) is 12.8. The summed E-state index contributed by atoms with van der Waals surface area (Å²) in [6, 6.07) is 4.23. The van der Waals surface area contributed by atoms with E-state index < -0.39 is 0 Å². The van der Waals surface area contributed by atoms with Crippen LogP contribution >= 0.6 is 11.3 Å². The zero-order chi connectivity index (χ0) is 14.5. The van der Waals surface area contributed by atoms with Crippen LogP contribution in [0.3, 0.4) is 0 Å². The molecule has 0 atom stereocenters. The summed E-state index contributed by atoms with van der Waals surface area (Å²) >= 11 is 1.76. The number of hydrogen-bond acceptors (Lipinski definition) is 3. The van der Waals surface area contributed by atoms with Crippen molar-refractivity contribution in [3.05, 3.63) is 29.3 Å². The topological polar surface area (TPSA) is 40.7 Å². The average molecular weight is 303 g/mol. The van der Waals surface area contributed by atoms with Crippen LogP contribution in [0.25, 0.3) is 10.6 Å². The van der Waals surface area contributed by atoms with Crippen LogP contribution in [0.2, 0.25) is 0 Å². The molecule has 2 aromatic rings. The van der Waals surface area contributed by atoms with Gasteiger partial charge in [-0.2, -0.15) is 5.10 Å². The number of aromatic nitrogens is 2. The predicted octanol–water partition coefficient (Wildman–Crippen LogP) is 4.44. The van der Waals surface area contributed by atoms with E-state index in [0.717, 1.165) is 24.9 Å². The first-order chi connectivity index (χ1) is 10.4. The molecule has 0 spiro atoms. The van der Waals surface area contributed by atoms with Crippen molar-refractivity contribution >= 4 is 11.3 Å². The number of rotatable bonds is 6. The van der Waals surface area contributed by atoms with Crippen LogP contribution in [0.1, 0.15) is 44.6 Å². The van der Waals surface area contributed by atoms with Gasteiger partial charge in [-0.05, 0) is 42.7 Å². The van der Waals surface area contributed by atoms with Crippen molar-refractivity contribution in [3.8, 4) is 10.6 Å². The summed E-state index contributed by atoms with van der Waals surface area (Å²) in [6.07, 6.45) is 8.96. The Morgan fingerprint density at radius 2 is 2.10 bits per heavy atom. The molecule has 0 bridgehead atoms. The molecule has 2 aromatic heterocycles. The van der Waals surface area contributed by atoms with Crippen LogP contribution in [-0.4, -0.2) is 16.7 Å². The minimum Gasteiger partial charge on any atom is -0.312 e. The molecule has 3 rings (SSSR count). The third-order valence-corrected chi connectivity index (χ3v) is 5.66. The molecule has 2 N–H and O–H groups in total. The lowest BCUT2D eigenvalue weighted by Gasteiger charge is -2.27. The number of H-pyrrole nitrogens is 1. The Balaban J connectivity index is 1.47. The van der Waals surface area contributed by atoms with E-state index in [0.29, 0.717) is 0 Å². The molecule has 1 aliphatic carbocycles. The summed E-state index contributed by atoms with van der Waals surface area (Å²) in [6.45, 7) is 4.39. The molecule has 0 unspecified atom stereocenters. The summed E-state index contributed by atoms with van der Waals surface area (Å²) in [5.41, 5.74) is 2.45. The van der Waals surface area contributed by atoms with Crippen molar-refractivity contribution < 1.29 is 0 Å². The number of thiophene rings is 1. The van der Waals surface area contributed by atoms with E-state index in [-0.39, 0.29) is 0 Å². The number of nitrogens with one attached hydrogen (secondary N) is 2. The second-order valence-electron chi connectivity index (χ2n) is 6.17. The van der Waals surface area contributed by atoms with Gasteiger partial charge in [-0.1, -0.05) is 32.3 Å². The SMILES string of the molecule is CCC1CCC(CNCc2cn[nH]c2-c2cccs2)CC1. The van der Waals surface area contributed by atoms with Gasteiger partial charge in [0.05, 0.1) is 16.8 Å². The molecular weight excluding hydrogens is 278 g/mol. The van der Waals surface area contributed by atoms with Gasteiger partial charge in [-0.25, -0.2) is 0 Å². The van der Waals surface area contributed by atoms with E-state index in [1.54, 1.807) is 11.3 Å². The van der Waals surface area contributed by atoms with Crippen LogP contribution in [0, 0.1) is 11.8 Å². The molecule has 0 aromatic carbocycles. The molecule has 21 heavy (non-hydrogen) atoms. The second-order valence-corrected chi connectivity index (χ2v) is 7.12. The van der Waals surface area contributed by atoms with Gasteiger partial charge >= 0.3 is 0 Å². The highest BCUT2D eigenvalue weighted by Crippen LogP contribution is 2.30. The highest BCUT2D eigenvalue weighted by atomic mass is 32.1. The van der Waals surface area contributed by atoms with Crippen LogP contribution in [0.15, 0.2) is 23.7 Å². The Labute approximate surface area is 131 Å². The van der Waals surface area contributed by atoms with Gasteiger partial charge in [0.1, 0.15) is 0 Å². The summed E-state index contributed by atoms with van der Waals surface area (Å²) in [5.74, 6) is 1.85. The van der Waals surface area contributed by atoms with E-state index in [2.05, 4.69) is 40.0 Å². The third-order valence-electron chi connectivity index (χ3n) is 4.78. The fourth-order valence-corrected chi connectivity index (χ4v) is 4.09. The summed E-state index contributed by atoms with van der Waals surface area (Å²) in [5, 5.41) is 13.1. The lowest BCUT2D eigenvalue weighted by molar-refractivity contribution is 0.262. The molecule has 4 heteroatoms. The molecule has 0 radical (unpaired) electrons. The maximum absolute atomic E-state index is 4.21. The Morgan fingerprint density at radius 3 is 2.81 bits per heavy atom. The van der Waals surface area contributed by atoms with Crippen molar-refractivity contribution in [2.75, 3.05) is 6.54 Å². The lowest BCUT2D eigenvalue weighted by Crippen LogP contribution is -2.26. The largest absolute Gasteiger partial charge is 0.312 e. The number of hydrogen-bond donors (Lipinski definition) is 2. The second kappa shape index (κ2) is 7.23. The standard InChI is InChI=1S/C17H25N3S/c1-2-13-5-7-14(8-6-13)10-18-11-15-12-19-20-17(15)16-4-3-9-21-16/h3-4,9,12-14,18H,2,5-8,10-11H2,1H3,(H,19,20). The van der Waals surface area contributed by atoms with Gasteiger partial charge < -0.3 is 5.32 Å². The fourth-order valence-electron chi connectivity index (χ4n) is 3.33. The van der Waals surface area contributed by atoms with Crippen LogP contribution < -0.4 is 5.32 Å². The van der Waals surface area contributed by atoms with E-state index in [1.165, 1.54) is 48.2 Å². The third kappa shape index (κ3) is 3.74. The molecule has 1 saturated carbocycles. The highest BCUT2D eigenvalue weighted by molar-refractivity contribution is 7.13. The van der Waals surface area contributed by atoms with E-state index in [4.69, 9.17) is 0 Å². The molecule has 3 nitrogen and oxygen atoms in total. The zero-order valence-corrected chi connectivity index (χ0v) is 13.6. The normalized spacial score (nSPS) is 22.5. The van der Waals surface area contributed by atoms with Crippen molar-refractivity contribution in [2.45, 2.75) is 45.6 Å². The molecule has 0 amide bonds. The van der Waals surface area contributed by atoms with Gasteiger partial charge in [0.15, 0.2) is 0 Å². The van der Waals surface area contributed by atoms with E-state index in [1.807, 2.05) is 6.20 Å².